The summed E-state index contributed by atoms with van der Waals surface area (Å²) in [7, 11) is 0. The molecule has 2 heterocycles. The summed E-state index contributed by atoms with van der Waals surface area (Å²) in [5, 5.41) is 11.0. The maximum absolute atomic E-state index is 13.2. The van der Waals surface area contributed by atoms with Crippen LogP contribution >= 0.6 is 11.6 Å². The van der Waals surface area contributed by atoms with Crippen LogP contribution < -0.4 is 10.2 Å². The normalized spacial score (nSPS) is 15.9. The van der Waals surface area contributed by atoms with Crippen molar-refractivity contribution in [3.05, 3.63) is 35.2 Å². The first-order valence-electron chi connectivity index (χ1n) is 7.28. The Labute approximate surface area is 133 Å². The van der Waals surface area contributed by atoms with Gasteiger partial charge < -0.3 is 10.2 Å². The number of aromatic nitrogens is 3. The molecule has 3 rings (SSSR count). The molecule has 1 aromatic carbocycles. The van der Waals surface area contributed by atoms with Crippen molar-refractivity contribution in [3.63, 3.8) is 0 Å². The van der Waals surface area contributed by atoms with Crippen molar-refractivity contribution < 1.29 is 4.39 Å². The Balaban J connectivity index is 1.74. The smallest absolute Gasteiger partial charge is 0.249 e. The predicted molar refractivity (Wildman–Crippen MR) is 85.1 cm³/mol. The standard InChI is InChI=1S/C15H17ClFN5/c1-10-4-6-22(7-5-10)14-9-18-21-15(20-14)19-11-2-3-13(17)12(16)8-11/h2-3,8-10H,4-7H2,1H3,(H,19,20,21). The van der Waals surface area contributed by atoms with Gasteiger partial charge in [-0.25, -0.2) is 4.39 Å². The number of halogens is 2. The molecule has 22 heavy (non-hydrogen) atoms. The van der Waals surface area contributed by atoms with Crippen molar-refractivity contribution in [1.29, 1.82) is 0 Å². The van der Waals surface area contributed by atoms with Crippen LogP contribution in [0.1, 0.15) is 19.8 Å². The van der Waals surface area contributed by atoms with E-state index in [1.165, 1.54) is 12.1 Å². The molecule has 7 heteroatoms. The van der Waals surface area contributed by atoms with Crippen molar-refractivity contribution in [2.75, 3.05) is 23.3 Å². The zero-order valence-electron chi connectivity index (χ0n) is 12.3. The topological polar surface area (TPSA) is 53.9 Å². The molecule has 0 amide bonds. The average molecular weight is 322 g/mol. The summed E-state index contributed by atoms with van der Waals surface area (Å²) in [6.07, 6.45) is 3.97. The van der Waals surface area contributed by atoms with Gasteiger partial charge in [-0.1, -0.05) is 18.5 Å². The van der Waals surface area contributed by atoms with Crippen molar-refractivity contribution in [1.82, 2.24) is 15.2 Å². The summed E-state index contributed by atoms with van der Waals surface area (Å²) in [6.45, 7) is 4.21. The van der Waals surface area contributed by atoms with E-state index in [0.29, 0.717) is 11.6 Å². The average Bonchev–Trinajstić information content (AvgIpc) is 2.52. The fourth-order valence-electron chi connectivity index (χ4n) is 2.44. The van der Waals surface area contributed by atoms with Gasteiger partial charge in [-0.15, -0.1) is 5.10 Å². The van der Waals surface area contributed by atoms with E-state index >= 15 is 0 Å². The van der Waals surface area contributed by atoms with Crippen molar-refractivity contribution in [2.24, 2.45) is 5.92 Å². The van der Waals surface area contributed by atoms with E-state index in [-0.39, 0.29) is 5.02 Å². The molecule has 0 radical (unpaired) electrons. The molecule has 1 saturated heterocycles. The molecule has 0 unspecified atom stereocenters. The van der Waals surface area contributed by atoms with E-state index in [1.807, 2.05) is 0 Å². The molecular weight excluding hydrogens is 305 g/mol. The number of nitrogens with zero attached hydrogens (tertiary/aromatic N) is 4. The Kier molecular flexibility index (Phi) is 4.38. The summed E-state index contributed by atoms with van der Waals surface area (Å²) in [5.74, 6) is 1.48. The second kappa shape index (κ2) is 6.44. The molecule has 0 aliphatic carbocycles. The Morgan fingerprint density at radius 3 is 2.82 bits per heavy atom. The number of anilines is 3. The van der Waals surface area contributed by atoms with Crippen LogP contribution in [0.15, 0.2) is 24.4 Å². The lowest BCUT2D eigenvalue weighted by Crippen LogP contribution is -2.33. The molecule has 116 valence electrons. The van der Waals surface area contributed by atoms with Crippen LogP contribution in [0.25, 0.3) is 0 Å². The van der Waals surface area contributed by atoms with E-state index in [9.17, 15) is 4.39 Å². The molecule has 1 aliphatic rings. The maximum atomic E-state index is 13.2. The predicted octanol–water partition coefficient (Wildman–Crippen LogP) is 3.64. The number of nitrogens with one attached hydrogen (secondary N) is 1. The van der Waals surface area contributed by atoms with Crippen LogP contribution in [0, 0.1) is 11.7 Å². The molecule has 0 spiro atoms. The monoisotopic (exact) mass is 321 g/mol. The van der Waals surface area contributed by atoms with Crippen molar-refractivity contribution in [3.8, 4) is 0 Å². The zero-order chi connectivity index (χ0) is 15.5. The first kappa shape index (κ1) is 15.0. The lowest BCUT2D eigenvalue weighted by molar-refractivity contribution is 0.436. The molecule has 1 fully saturated rings. The van der Waals surface area contributed by atoms with Gasteiger partial charge in [-0.3, -0.25) is 0 Å². The second-order valence-corrected chi connectivity index (χ2v) is 5.97. The largest absolute Gasteiger partial charge is 0.355 e. The quantitative estimate of drug-likeness (QED) is 0.935. The molecule has 1 N–H and O–H groups in total. The highest BCUT2D eigenvalue weighted by Crippen LogP contribution is 2.23. The van der Waals surface area contributed by atoms with Crippen molar-refractivity contribution >= 4 is 29.1 Å². The third-order valence-electron chi connectivity index (χ3n) is 3.83. The Hall–Kier alpha value is -1.95. The highest BCUT2D eigenvalue weighted by Gasteiger charge is 2.17. The van der Waals surface area contributed by atoms with Gasteiger partial charge in [0.1, 0.15) is 5.82 Å². The molecule has 2 aromatic rings. The molecule has 0 bridgehead atoms. The van der Waals surface area contributed by atoms with Crippen LogP contribution in [-0.4, -0.2) is 28.3 Å². The van der Waals surface area contributed by atoms with Gasteiger partial charge in [0.25, 0.3) is 0 Å². The van der Waals surface area contributed by atoms with Crippen LogP contribution in [0.5, 0.6) is 0 Å². The fraction of sp³-hybridized carbons (Fsp3) is 0.400. The van der Waals surface area contributed by atoms with Crippen LogP contribution in [0.2, 0.25) is 5.02 Å². The number of piperidine rings is 1. The molecule has 1 aromatic heterocycles. The van der Waals surface area contributed by atoms with Crippen molar-refractivity contribution in [2.45, 2.75) is 19.8 Å². The summed E-state index contributed by atoms with van der Waals surface area (Å²) >= 11 is 5.77. The Bertz CT molecular complexity index is 658. The summed E-state index contributed by atoms with van der Waals surface area (Å²) in [5.41, 5.74) is 0.623. The van der Waals surface area contributed by atoms with E-state index in [0.717, 1.165) is 37.7 Å². The minimum atomic E-state index is -0.456. The first-order chi connectivity index (χ1) is 10.6. The maximum Gasteiger partial charge on any atom is 0.249 e. The van der Waals surface area contributed by atoms with E-state index in [1.54, 1.807) is 12.3 Å². The number of hydrogen-bond donors (Lipinski definition) is 1. The van der Waals surface area contributed by atoms with Gasteiger partial charge in [0, 0.05) is 18.8 Å². The van der Waals surface area contributed by atoms with E-state index in [2.05, 4.69) is 32.3 Å². The lowest BCUT2D eigenvalue weighted by Gasteiger charge is -2.30. The SMILES string of the molecule is CC1CCN(c2cnnc(Nc3ccc(F)c(Cl)c3)n2)CC1. The Morgan fingerprint density at radius 2 is 2.09 bits per heavy atom. The van der Waals surface area contributed by atoms with Gasteiger partial charge in [0.2, 0.25) is 5.95 Å². The molecule has 5 nitrogen and oxygen atoms in total. The third kappa shape index (κ3) is 3.44. The highest BCUT2D eigenvalue weighted by molar-refractivity contribution is 6.31. The fourth-order valence-corrected chi connectivity index (χ4v) is 2.62. The summed E-state index contributed by atoms with van der Waals surface area (Å²) in [4.78, 5) is 6.68. The van der Waals surface area contributed by atoms with Gasteiger partial charge in [0.15, 0.2) is 5.82 Å². The molecule has 0 saturated carbocycles. The van der Waals surface area contributed by atoms with Crippen LogP contribution in [0.3, 0.4) is 0 Å². The zero-order valence-corrected chi connectivity index (χ0v) is 13.0. The summed E-state index contributed by atoms with van der Waals surface area (Å²) < 4.78 is 13.2. The lowest BCUT2D eigenvalue weighted by atomic mass is 9.99. The molecule has 0 atom stereocenters. The third-order valence-corrected chi connectivity index (χ3v) is 4.12. The number of rotatable bonds is 3. The van der Waals surface area contributed by atoms with Gasteiger partial charge in [-0.05, 0) is 37.0 Å². The summed E-state index contributed by atoms with van der Waals surface area (Å²) in [6, 6.07) is 4.38. The van der Waals surface area contributed by atoms with E-state index in [4.69, 9.17) is 11.6 Å². The number of hydrogen-bond acceptors (Lipinski definition) is 5. The Morgan fingerprint density at radius 1 is 1.32 bits per heavy atom. The van der Waals surface area contributed by atoms with Crippen LogP contribution in [0.4, 0.5) is 21.8 Å². The molecule has 1 aliphatic heterocycles. The number of benzene rings is 1. The molecular formula is C15H17ClFN5. The minimum Gasteiger partial charge on any atom is -0.355 e. The highest BCUT2D eigenvalue weighted by atomic mass is 35.5. The van der Waals surface area contributed by atoms with E-state index < -0.39 is 5.82 Å². The van der Waals surface area contributed by atoms with Gasteiger partial charge in [-0.2, -0.15) is 10.1 Å². The van der Waals surface area contributed by atoms with Crippen LogP contribution in [-0.2, 0) is 0 Å². The van der Waals surface area contributed by atoms with Gasteiger partial charge in [0.05, 0.1) is 11.2 Å². The van der Waals surface area contributed by atoms with Gasteiger partial charge >= 0.3 is 0 Å². The second-order valence-electron chi connectivity index (χ2n) is 5.56. The minimum absolute atomic E-state index is 0.0548. The first-order valence-corrected chi connectivity index (χ1v) is 7.66.